The molecule has 432 valence electrons. The Kier molecular flexibility index (Phi) is 32.0. The van der Waals surface area contributed by atoms with Crippen molar-refractivity contribution in [3.8, 4) is 0 Å². The summed E-state index contributed by atoms with van der Waals surface area (Å²) in [5.74, 6) is -9.44. The fourth-order valence-corrected chi connectivity index (χ4v) is 7.61. The van der Waals surface area contributed by atoms with Crippen LogP contribution in [0.3, 0.4) is 0 Å². The van der Waals surface area contributed by atoms with Crippen LogP contribution in [0.15, 0.2) is 12.5 Å². The largest absolute Gasteiger partial charge is 0.480 e. The van der Waals surface area contributed by atoms with Gasteiger partial charge in [-0.3, -0.25) is 43.2 Å². The molecule has 0 saturated carbocycles. The van der Waals surface area contributed by atoms with Gasteiger partial charge in [-0.25, -0.2) is 9.78 Å². The molecule has 1 rings (SSSR count). The molecule has 76 heavy (non-hydrogen) atoms. The smallest absolute Gasteiger partial charge is 0.326 e. The molecule has 0 unspecified atom stereocenters. The number of nitrogens with one attached hydrogen (secondary N) is 10. The second kappa shape index (κ2) is 35.9. The van der Waals surface area contributed by atoms with Gasteiger partial charge in [0, 0.05) is 18.3 Å². The first-order chi connectivity index (χ1) is 35.8. The molecular formula is C49H89N15O12. The summed E-state index contributed by atoms with van der Waals surface area (Å²) >= 11 is 0. The zero-order chi connectivity index (χ0) is 57.7. The van der Waals surface area contributed by atoms with Gasteiger partial charge in [0.05, 0.1) is 19.0 Å². The molecule has 0 aliphatic rings. The molecular weight excluding hydrogens is 991 g/mol. The fourth-order valence-electron chi connectivity index (χ4n) is 7.61. The van der Waals surface area contributed by atoms with Crippen molar-refractivity contribution in [1.82, 2.24) is 57.8 Å². The van der Waals surface area contributed by atoms with Gasteiger partial charge in [-0.05, 0) is 109 Å². The number of amides is 9. The number of aliphatic hydroxyl groups excluding tert-OH is 1. The Morgan fingerprint density at radius 1 is 0.500 bits per heavy atom. The minimum Gasteiger partial charge on any atom is -0.480 e. The number of carbonyl (C=O) groups excluding carboxylic acids is 9. The monoisotopic (exact) mass is 1080 g/mol. The van der Waals surface area contributed by atoms with Crippen LogP contribution in [-0.2, 0) is 54.4 Å². The number of carboxylic acids is 1. The quantitative estimate of drug-likeness (QED) is 0.0286. The van der Waals surface area contributed by atoms with E-state index < -0.39 is 138 Å². The van der Waals surface area contributed by atoms with Gasteiger partial charge in [0.2, 0.25) is 53.2 Å². The standard InChI is InChI=1S/C49H89N15O12/c1-26(2)21-35(60-42(68)32(53)15-9-12-18-50)45(71)62-37(24-65)47(73)59-34(17-11-14-20-52)44(70)56-29(7)40(66)63-38(27(3)4)48(74)61-36(22-31-23-54-25-55-31)46(72)58-33(16-10-13-19-51)43(69)57-30(8)41(67)64-39(28(5)6)49(75)76/h23,25-30,32-39,65H,9-22,24,50-53H2,1-8H3,(H,54,55)(H,56,70)(H,57,69)(H,58,72)(H,59,73)(H,60,68)(H,61,74)(H,62,71)(H,63,66)(H,64,67)(H,75,76)/t29-,30-,32-,33-,34-,35-,36-,37-,38-,39-/m0/s1. The predicted octanol–water partition coefficient (Wildman–Crippen LogP) is -3.50. The predicted molar refractivity (Wildman–Crippen MR) is 282 cm³/mol. The van der Waals surface area contributed by atoms with Crippen LogP contribution in [0.2, 0.25) is 0 Å². The minimum absolute atomic E-state index is 0.0372. The molecule has 0 spiro atoms. The maximum atomic E-state index is 14.1. The Labute approximate surface area is 445 Å². The molecule has 0 aliphatic carbocycles. The van der Waals surface area contributed by atoms with Crippen molar-refractivity contribution in [1.29, 1.82) is 0 Å². The van der Waals surface area contributed by atoms with Crippen LogP contribution in [-0.4, -0.2) is 166 Å². The third kappa shape index (κ3) is 25.0. The molecule has 27 heteroatoms. The zero-order valence-electron chi connectivity index (χ0n) is 45.5. The molecule has 1 heterocycles. The zero-order valence-corrected chi connectivity index (χ0v) is 45.5. The molecule has 0 radical (unpaired) electrons. The molecule has 20 N–H and O–H groups in total. The SMILES string of the molecule is CC(C)C[C@H](NC(=O)[C@@H](N)CCCCN)C(=O)N[C@@H](CO)C(=O)N[C@@H](CCCCN)C(=O)N[C@@H](C)C(=O)N[C@H](C(=O)N[C@@H](Cc1cnc[nH]1)C(=O)N[C@@H](CCCCN)C(=O)N[C@@H](C)C(=O)N[C@H](C(=O)O)C(C)C)C(C)C. The topological polar surface area (TPSA) is 452 Å². The third-order valence-corrected chi connectivity index (χ3v) is 12.2. The van der Waals surface area contributed by atoms with Crippen molar-refractivity contribution in [2.45, 2.75) is 186 Å². The van der Waals surface area contributed by atoms with Crippen LogP contribution < -0.4 is 70.8 Å². The molecule has 0 saturated heterocycles. The number of carboxylic acid groups (broad SMARTS) is 1. The number of aliphatic carboxylic acids is 1. The van der Waals surface area contributed by atoms with Crippen LogP contribution in [0, 0.1) is 17.8 Å². The molecule has 0 fully saturated rings. The second-order valence-electron chi connectivity index (χ2n) is 20.1. The summed E-state index contributed by atoms with van der Waals surface area (Å²) in [4.78, 5) is 141. The van der Waals surface area contributed by atoms with Crippen LogP contribution in [0.4, 0.5) is 0 Å². The Morgan fingerprint density at radius 3 is 1.33 bits per heavy atom. The fraction of sp³-hybridized carbons (Fsp3) is 0.735. The van der Waals surface area contributed by atoms with Crippen LogP contribution >= 0.6 is 0 Å². The molecule has 0 bridgehead atoms. The van der Waals surface area contributed by atoms with Gasteiger partial charge < -0.3 is 86.0 Å². The molecule has 1 aromatic heterocycles. The number of nitrogens with zero attached hydrogens (tertiary/aromatic N) is 1. The summed E-state index contributed by atoms with van der Waals surface area (Å²) in [6.45, 7) is 12.9. The summed E-state index contributed by atoms with van der Waals surface area (Å²) in [6.07, 6.45) is 6.20. The second-order valence-corrected chi connectivity index (χ2v) is 20.1. The Balaban J connectivity index is 3.27. The molecule has 10 atom stereocenters. The average molecular weight is 1080 g/mol. The summed E-state index contributed by atoms with van der Waals surface area (Å²) in [6, 6.07) is -12.5. The first kappa shape index (κ1) is 67.7. The van der Waals surface area contributed by atoms with E-state index in [0.29, 0.717) is 57.2 Å². The highest BCUT2D eigenvalue weighted by Gasteiger charge is 2.35. The van der Waals surface area contributed by atoms with Crippen LogP contribution in [0.25, 0.3) is 0 Å². The number of hydrogen-bond acceptors (Lipinski definition) is 16. The van der Waals surface area contributed by atoms with Gasteiger partial charge >= 0.3 is 5.97 Å². The maximum absolute atomic E-state index is 14.1. The Bertz CT molecular complexity index is 2010. The number of hydrogen-bond donors (Lipinski definition) is 16. The van der Waals surface area contributed by atoms with Gasteiger partial charge in [0.15, 0.2) is 0 Å². The summed E-state index contributed by atoms with van der Waals surface area (Å²) < 4.78 is 0. The van der Waals surface area contributed by atoms with Crippen LogP contribution in [0.1, 0.15) is 125 Å². The lowest BCUT2D eigenvalue weighted by Gasteiger charge is -2.28. The van der Waals surface area contributed by atoms with Crippen molar-refractivity contribution in [3.63, 3.8) is 0 Å². The maximum Gasteiger partial charge on any atom is 0.326 e. The minimum atomic E-state index is -1.56. The number of imidazole rings is 1. The van der Waals surface area contributed by atoms with E-state index in [4.69, 9.17) is 22.9 Å². The van der Waals surface area contributed by atoms with E-state index in [1.807, 2.05) is 13.8 Å². The van der Waals surface area contributed by atoms with E-state index >= 15 is 0 Å². The van der Waals surface area contributed by atoms with E-state index in [0.717, 1.165) is 0 Å². The molecule has 27 nitrogen and oxygen atoms in total. The molecule has 0 aromatic carbocycles. The number of nitrogens with two attached hydrogens (primary N) is 4. The van der Waals surface area contributed by atoms with E-state index in [1.165, 1.54) is 26.4 Å². The summed E-state index contributed by atoms with van der Waals surface area (Å²) in [5.41, 5.74) is 23.4. The Morgan fingerprint density at radius 2 is 0.908 bits per heavy atom. The van der Waals surface area contributed by atoms with E-state index in [2.05, 4.69) is 57.8 Å². The number of carbonyl (C=O) groups is 10. The summed E-state index contributed by atoms with van der Waals surface area (Å²) in [5, 5.41) is 42.8. The summed E-state index contributed by atoms with van der Waals surface area (Å²) in [7, 11) is 0. The van der Waals surface area contributed by atoms with Crippen molar-refractivity contribution in [2.75, 3.05) is 26.2 Å². The van der Waals surface area contributed by atoms with Gasteiger partial charge in [-0.2, -0.15) is 0 Å². The lowest BCUT2D eigenvalue weighted by atomic mass is 10.0. The van der Waals surface area contributed by atoms with E-state index in [-0.39, 0.29) is 44.7 Å². The van der Waals surface area contributed by atoms with E-state index in [9.17, 15) is 58.2 Å². The number of aromatic amines is 1. The number of H-pyrrole nitrogens is 1. The lowest BCUT2D eigenvalue weighted by Crippen LogP contribution is -2.61. The highest BCUT2D eigenvalue weighted by atomic mass is 16.4. The number of aromatic nitrogens is 2. The first-order valence-electron chi connectivity index (χ1n) is 26.2. The lowest BCUT2D eigenvalue weighted by molar-refractivity contribution is -0.143. The van der Waals surface area contributed by atoms with Crippen LogP contribution in [0.5, 0.6) is 0 Å². The normalized spacial score (nSPS) is 15.3. The Hall–Kier alpha value is -6.29. The molecule has 9 amide bonds. The molecule has 0 aliphatic heterocycles. The molecule has 1 aromatic rings. The highest BCUT2D eigenvalue weighted by molar-refractivity contribution is 5.98. The van der Waals surface area contributed by atoms with Crippen molar-refractivity contribution >= 4 is 59.1 Å². The van der Waals surface area contributed by atoms with Gasteiger partial charge in [0.1, 0.15) is 54.4 Å². The number of unbranched alkanes of at least 4 members (excludes halogenated alkanes) is 3. The van der Waals surface area contributed by atoms with Crippen molar-refractivity contribution in [3.05, 3.63) is 18.2 Å². The van der Waals surface area contributed by atoms with Gasteiger partial charge in [-0.1, -0.05) is 48.0 Å². The number of rotatable bonds is 38. The first-order valence-corrected chi connectivity index (χ1v) is 26.2. The van der Waals surface area contributed by atoms with Crippen molar-refractivity contribution < 1.29 is 58.2 Å². The average Bonchev–Trinajstić information content (AvgIpc) is 3.87. The van der Waals surface area contributed by atoms with Gasteiger partial charge in [-0.15, -0.1) is 0 Å². The van der Waals surface area contributed by atoms with Crippen molar-refractivity contribution in [2.24, 2.45) is 40.7 Å². The number of aliphatic hydroxyl groups is 1. The van der Waals surface area contributed by atoms with Gasteiger partial charge in [0.25, 0.3) is 0 Å². The third-order valence-electron chi connectivity index (χ3n) is 12.2. The highest BCUT2D eigenvalue weighted by Crippen LogP contribution is 2.11. The van der Waals surface area contributed by atoms with E-state index in [1.54, 1.807) is 27.7 Å².